The Kier molecular flexibility index (Phi) is 4.76. The van der Waals surface area contributed by atoms with Crippen molar-refractivity contribution in [2.24, 2.45) is 12.5 Å². The Labute approximate surface area is 176 Å². The van der Waals surface area contributed by atoms with E-state index in [1.807, 2.05) is 45.0 Å². The van der Waals surface area contributed by atoms with Crippen molar-refractivity contribution in [3.63, 3.8) is 0 Å². The van der Waals surface area contributed by atoms with Gasteiger partial charge in [-0.2, -0.15) is 5.26 Å². The van der Waals surface area contributed by atoms with Crippen molar-refractivity contribution in [1.82, 2.24) is 9.47 Å². The number of carbonyl (C=O) groups is 1. The first-order valence-corrected chi connectivity index (χ1v) is 10.4. The van der Waals surface area contributed by atoms with Gasteiger partial charge < -0.3 is 19.1 Å². The van der Waals surface area contributed by atoms with Crippen LogP contribution >= 0.6 is 0 Å². The molecule has 1 aromatic heterocycles. The topological polar surface area (TPSA) is 78.6 Å². The molecule has 0 bridgehead atoms. The molecule has 2 saturated heterocycles. The standard InChI is InChI=1S/C23H28N4O3/c1-22(2,3)30-21(29)27-12-10-23(15-27)9-11-26(14-23)19-16-7-5-6-8-18(16)25(4)20(28)17(19)13-24/h5-8H,9-12,14-15H2,1-4H3. The van der Waals surface area contributed by atoms with E-state index >= 15 is 0 Å². The van der Waals surface area contributed by atoms with Crippen LogP contribution in [0.2, 0.25) is 0 Å². The van der Waals surface area contributed by atoms with Crippen LogP contribution < -0.4 is 10.5 Å². The van der Waals surface area contributed by atoms with Crippen LogP contribution in [0.1, 0.15) is 39.2 Å². The number of likely N-dealkylation sites (tertiary alicyclic amines) is 1. The highest BCUT2D eigenvalue weighted by atomic mass is 16.6. The molecule has 1 amide bonds. The van der Waals surface area contributed by atoms with Crippen molar-refractivity contribution in [3.8, 4) is 6.07 Å². The lowest BCUT2D eigenvalue weighted by molar-refractivity contribution is 0.0276. The van der Waals surface area contributed by atoms with E-state index in [1.54, 1.807) is 16.5 Å². The molecule has 0 radical (unpaired) electrons. The minimum Gasteiger partial charge on any atom is -0.444 e. The van der Waals surface area contributed by atoms with Gasteiger partial charge >= 0.3 is 6.09 Å². The zero-order chi connectivity index (χ0) is 21.7. The third kappa shape index (κ3) is 3.41. The number of carbonyl (C=O) groups excluding carboxylic acids is 1. The van der Waals surface area contributed by atoms with Crippen molar-refractivity contribution < 1.29 is 9.53 Å². The third-order valence-corrected chi connectivity index (χ3v) is 6.23. The second-order valence-electron chi connectivity index (χ2n) is 9.54. The summed E-state index contributed by atoms with van der Waals surface area (Å²) >= 11 is 0. The molecule has 7 nitrogen and oxygen atoms in total. The number of aromatic nitrogens is 1. The highest BCUT2D eigenvalue weighted by Gasteiger charge is 2.46. The van der Waals surface area contributed by atoms with E-state index in [2.05, 4.69) is 11.0 Å². The second kappa shape index (κ2) is 7.05. The Bertz CT molecular complexity index is 1110. The molecule has 1 spiro atoms. The highest BCUT2D eigenvalue weighted by Crippen LogP contribution is 2.43. The first-order valence-electron chi connectivity index (χ1n) is 10.4. The van der Waals surface area contributed by atoms with Crippen LogP contribution in [-0.4, -0.2) is 47.3 Å². The molecule has 7 heteroatoms. The summed E-state index contributed by atoms with van der Waals surface area (Å²) in [6, 6.07) is 9.86. The zero-order valence-electron chi connectivity index (χ0n) is 18.1. The van der Waals surface area contributed by atoms with Gasteiger partial charge in [0.05, 0.1) is 11.2 Å². The van der Waals surface area contributed by atoms with Gasteiger partial charge in [-0.3, -0.25) is 4.79 Å². The number of ether oxygens (including phenoxy) is 1. The number of hydrogen-bond donors (Lipinski definition) is 0. The Balaban J connectivity index is 1.64. The lowest BCUT2D eigenvalue weighted by Gasteiger charge is -2.28. The second-order valence-corrected chi connectivity index (χ2v) is 9.54. The van der Waals surface area contributed by atoms with Gasteiger partial charge in [-0.15, -0.1) is 0 Å². The number of nitrogens with zero attached hydrogens (tertiary/aromatic N) is 4. The summed E-state index contributed by atoms with van der Waals surface area (Å²) in [5, 5.41) is 10.7. The first-order chi connectivity index (χ1) is 14.1. The predicted molar refractivity (Wildman–Crippen MR) is 116 cm³/mol. The maximum absolute atomic E-state index is 12.8. The molecule has 2 fully saturated rings. The number of aryl methyl sites for hydroxylation is 1. The predicted octanol–water partition coefficient (Wildman–Crippen LogP) is 3.25. The number of anilines is 1. The number of hydrogen-bond acceptors (Lipinski definition) is 5. The monoisotopic (exact) mass is 408 g/mol. The number of pyridine rings is 1. The maximum atomic E-state index is 12.8. The van der Waals surface area contributed by atoms with E-state index in [-0.39, 0.29) is 22.6 Å². The Morgan fingerprint density at radius 1 is 1.17 bits per heavy atom. The number of para-hydroxylation sites is 1. The fourth-order valence-corrected chi connectivity index (χ4v) is 4.79. The molecule has 0 N–H and O–H groups in total. The van der Waals surface area contributed by atoms with Crippen LogP contribution in [0.25, 0.3) is 10.9 Å². The van der Waals surface area contributed by atoms with Crippen molar-refractivity contribution in [2.45, 2.75) is 39.2 Å². The average molecular weight is 409 g/mol. The Morgan fingerprint density at radius 2 is 1.87 bits per heavy atom. The van der Waals surface area contributed by atoms with Gasteiger partial charge in [0, 0.05) is 44.0 Å². The minimum atomic E-state index is -0.515. The van der Waals surface area contributed by atoms with Crippen LogP contribution in [0.4, 0.5) is 10.5 Å². The van der Waals surface area contributed by atoms with E-state index in [0.29, 0.717) is 13.1 Å². The normalized spacial score (nSPS) is 21.4. The van der Waals surface area contributed by atoms with Crippen LogP contribution in [0.15, 0.2) is 29.1 Å². The zero-order valence-corrected chi connectivity index (χ0v) is 18.1. The number of rotatable bonds is 1. The van der Waals surface area contributed by atoms with Gasteiger partial charge in [-0.05, 0) is 39.7 Å². The smallest absolute Gasteiger partial charge is 0.410 e. The van der Waals surface area contributed by atoms with Gasteiger partial charge in [0.2, 0.25) is 0 Å². The lowest BCUT2D eigenvalue weighted by atomic mass is 9.86. The molecule has 1 unspecified atom stereocenters. The number of nitriles is 1. The van der Waals surface area contributed by atoms with E-state index in [0.717, 1.165) is 42.5 Å². The summed E-state index contributed by atoms with van der Waals surface area (Å²) in [5.41, 5.74) is 0.915. The average Bonchev–Trinajstić information content (AvgIpc) is 3.30. The Hall–Kier alpha value is -3.01. The number of benzene rings is 1. The fraction of sp³-hybridized carbons (Fsp3) is 0.522. The molecule has 1 aromatic carbocycles. The highest BCUT2D eigenvalue weighted by molar-refractivity contribution is 5.95. The van der Waals surface area contributed by atoms with Crippen LogP contribution in [0.5, 0.6) is 0 Å². The molecule has 2 aliphatic rings. The van der Waals surface area contributed by atoms with E-state index in [9.17, 15) is 14.9 Å². The first kappa shape index (κ1) is 20.3. The fourth-order valence-electron chi connectivity index (χ4n) is 4.79. The quantitative estimate of drug-likeness (QED) is 0.724. The van der Waals surface area contributed by atoms with Gasteiger partial charge in [0.1, 0.15) is 17.2 Å². The van der Waals surface area contributed by atoms with Crippen LogP contribution in [0.3, 0.4) is 0 Å². The summed E-state index contributed by atoms with van der Waals surface area (Å²) in [7, 11) is 1.70. The summed E-state index contributed by atoms with van der Waals surface area (Å²) in [5.74, 6) is 0. The van der Waals surface area contributed by atoms with Gasteiger partial charge in [-0.25, -0.2) is 4.79 Å². The maximum Gasteiger partial charge on any atom is 0.410 e. The molecule has 2 aliphatic heterocycles. The van der Waals surface area contributed by atoms with E-state index in [1.165, 1.54) is 0 Å². The number of fused-ring (bicyclic) bond motifs is 1. The van der Waals surface area contributed by atoms with E-state index in [4.69, 9.17) is 4.74 Å². The minimum absolute atomic E-state index is 0.0359. The van der Waals surface area contributed by atoms with E-state index < -0.39 is 5.60 Å². The molecule has 0 aliphatic carbocycles. The molecule has 4 rings (SSSR count). The third-order valence-electron chi connectivity index (χ3n) is 6.23. The molecule has 1 atom stereocenters. The molecule has 3 heterocycles. The van der Waals surface area contributed by atoms with Crippen LogP contribution in [0, 0.1) is 16.7 Å². The lowest BCUT2D eigenvalue weighted by Crippen LogP contribution is -2.38. The summed E-state index contributed by atoms with van der Waals surface area (Å²) < 4.78 is 7.09. The largest absolute Gasteiger partial charge is 0.444 e. The number of amides is 1. The summed E-state index contributed by atoms with van der Waals surface area (Å²) in [4.78, 5) is 29.3. The molecule has 30 heavy (non-hydrogen) atoms. The summed E-state index contributed by atoms with van der Waals surface area (Å²) in [6.45, 7) is 8.41. The summed E-state index contributed by atoms with van der Waals surface area (Å²) in [6.07, 6.45) is 1.54. The van der Waals surface area contributed by atoms with Crippen LogP contribution in [-0.2, 0) is 11.8 Å². The molecular weight excluding hydrogens is 380 g/mol. The van der Waals surface area contributed by atoms with Gasteiger partial charge in [0.15, 0.2) is 0 Å². The molecule has 0 saturated carbocycles. The van der Waals surface area contributed by atoms with Gasteiger partial charge in [-0.1, -0.05) is 18.2 Å². The van der Waals surface area contributed by atoms with Gasteiger partial charge in [0.25, 0.3) is 5.56 Å². The molecular formula is C23H28N4O3. The molecule has 2 aromatic rings. The Morgan fingerprint density at radius 3 is 2.57 bits per heavy atom. The van der Waals surface area contributed by atoms with Crippen molar-refractivity contribution in [2.75, 3.05) is 31.1 Å². The SMILES string of the molecule is Cn1c(=O)c(C#N)c(N2CCC3(CCN(C(=O)OC(C)(C)C)C3)C2)c2ccccc21. The molecule has 158 valence electrons. The van der Waals surface area contributed by atoms with Crippen molar-refractivity contribution >= 4 is 22.7 Å². The van der Waals surface area contributed by atoms with Crippen molar-refractivity contribution in [1.29, 1.82) is 5.26 Å². The van der Waals surface area contributed by atoms with Crippen molar-refractivity contribution in [3.05, 3.63) is 40.2 Å².